The number of aryl methyl sites for hydroxylation is 1. The lowest BCUT2D eigenvalue weighted by molar-refractivity contribution is 0.123. The lowest BCUT2D eigenvalue weighted by Gasteiger charge is -2.28. The Balaban J connectivity index is 1.93. The van der Waals surface area contributed by atoms with Crippen molar-refractivity contribution in [3.63, 3.8) is 0 Å². The van der Waals surface area contributed by atoms with Crippen LogP contribution in [0.5, 0.6) is 0 Å². The summed E-state index contributed by atoms with van der Waals surface area (Å²) in [6.45, 7) is 5.71. The highest BCUT2D eigenvalue weighted by atomic mass is 16.5. The highest BCUT2D eigenvalue weighted by molar-refractivity contribution is 5.83. The summed E-state index contributed by atoms with van der Waals surface area (Å²) in [6, 6.07) is 19.5. The fraction of sp³-hybridized carbons (Fsp3) is 0.263. The molecule has 22 heavy (non-hydrogen) atoms. The number of hydrogen-bond donors (Lipinski definition) is 0. The van der Waals surface area contributed by atoms with Crippen LogP contribution in [0.3, 0.4) is 0 Å². The van der Waals surface area contributed by atoms with Crippen LogP contribution < -0.4 is 4.90 Å². The quantitative estimate of drug-likeness (QED) is 0.715. The fourth-order valence-electron chi connectivity index (χ4n) is 3.28. The molecule has 3 aromatic rings. The van der Waals surface area contributed by atoms with E-state index < -0.39 is 0 Å². The van der Waals surface area contributed by atoms with Crippen molar-refractivity contribution in [2.45, 2.75) is 6.92 Å². The van der Waals surface area contributed by atoms with Crippen molar-refractivity contribution in [3.8, 4) is 11.3 Å². The van der Waals surface area contributed by atoms with E-state index in [4.69, 9.17) is 4.74 Å². The van der Waals surface area contributed by atoms with E-state index in [-0.39, 0.29) is 0 Å². The summed E-state index contributed by atoms with van der Waals surface area (Å²) in [5.41, 5.74) is 6.36. The number of aromatic nitrogens is 1. The normalized spacial score (nSPS) is 15.4. The Bertz CT molecular complexity index is 786. The molecule has 0 spiro atoms. The van der Waals surface area contributed by atoms with Gasteiger partial charge in [0.2, 0.25) is 0 Å². The molecule has 2 aromatic heterocycles. The van der Waals surface area contributed by atoms with Crippen molar-refractivity contribution in [2.24, 2.45) is 0 Å². The number of rotatable bonds is 2. The number of benzene rings is 1. The Morgan fingerprint density at radius 3 is 2.45 bits per heavy atom. The number of pyridine rings is 1. The summed E-state index contributed by atoms with van der Waals surface area (Å²) in [5.74, 6) is 0. The van der Waals surface area contributed by atoms with Crippen molar-refractivity contribution in [2.75, 3.05) is 31.2 Å². The second-order valence-corrected chi connectivity index (χ2v) is 5.77. The number of hydrogen-bond acceptors (Lipinski definition) is 2. The summed E-state index contributed by atoms with van der Waals surface area (Å²) in [6.07, 6.45) is 0. The SMILES string of the molecule is Cc1cccc2c(N3CCOCC3)cc(-c3ccccc3)n12. The van der Waals surface area contributed by atoms with Gasteiger partial charge in [-0.3, -0.25) is 0 Å². The molecule has 0 bridgehead atoms. The van der Waals surface area contributed by atoms with Crippen LogP contribution in [0.15, 0.2) is 54.6 Å². The van der Waals surface area contributed by atoms with E-state index >= 15 is 0 Å². The maximum Gasteiger partial charge on any atom is 0.0693 e. The molecule has 1 aliphatic rings. The molecule has 0 amide bonds. The molecule has 1 fully saturated rings. The molecule has 0 N–H and O–H groups in total. The molecule has 112 valence electrons. The molecular weight excluding hydrogens is 272 g/mol. The van der Waals surface area contributed by atoms with Gasteiger partial charge in [0.25, 0.3) is 0 Å². The smallest absolute Gasteiger partial charge is 0.0693 e. The van der Waals surface area contributed by atoms with Crippen molar-refractivity contribution >= 4 is 11.2 Å². The summed E-state index contributed by atoms with van der Waals surface area (Å²) in [4.78, 5) is 2.44. The van der Waals surface area contributed by atoms with E-state index in [1.165, 1.54) is 28.2 Å². The average Bonchev–Trinajstić information content (AvgIpc) is 2.98. The average molecular weight is 292 g/mol. The Morgan fingerprint density at radius 2 is 1.68 bits per heavy atom. The fourth-order valence-corrected chi connectivity index (χ4v) is 3.28. The van der Waals surface area contributed by atoms with Gasteiger partial charge in [-0.15, -0.1) is 0 Å². The van der Waals surface area contributed by atoms with Gasteiger partial charge in [-0.2, -0.15) is 0 Å². The third-order valence-corrected chi connectivity index (χ3v) is 4.38. The molecule has 0 unspecified atom stereocenters. The van der Waals surface area contributed by atoms with Gasteiger partial charge in [0.15, 0.2) is 0 Å². The van der Waals surface area contributed by atoms with E-state index in [0.29, 0.717) is 0 Å². The van der Waals surface area contributed by atoms with Crippen LogP contribution in [0.2, 0.25) is 0 Å². The Labute approximate surface area is 130 Å². The molecule has 0 atom stereocenters. The van der Waals surface area contributed by atoms with E-state index in [1.54, 1.807) is 0 Å². The molecule has 1 aromatic carbocycles. The van der Waals surface area contributed by atoms with Crippen LogP contribution in [-0.2, 0) is 4.74 Å². The largest absolute Gasteiger partial charge is 0.378 e. The van der Waals surface area contributed by atoms with Crippen LogP contribution >= 0.6 is 0 Å². The standard InChI is InChI=1S/C19H20N2O/c1-15-6-5-9-17-19(20-10-12-22-13-11-20)14-18(21(15)17)16-7-3-2-4-8-16/h2-9,14H,10-13H2,1H3. The van der Waals surface area contributed by atoms with Crippen LogP contribution in [0, 0.1) is 6.92 Å². The van der Waals surface area contributed by atoms with Crippen LogP contribution in [0.4, 0.5) is 5.69 Å². The van der Waals surface area contributed by atoms with Gasteiger partial charge >= 0.3 is 0 Å². The summed E-state index contributed by atoms with van der Waals surface area (Å²) in [5, 5.41) is 0. The van der Waals surface area contributed by atoms with E-state index in [1.807, 2.05) is 0 Å². The maximum atomic E-state index is 5.50. The molecule has 0 saturated carbocycles. The first-order valence-corrected chi connectivity index (χ1v) is 7.84. The number of ether oxygens (including phenoxy) is 1. The van der Waals surface area contributed by atoms with Crippen LogP contribution in [-0.4, -0.2) is 30.7 Å². The minimum Gasteiger partial charge on any atom is -0.378 e. The second kappa shape index (κ2) is 5.50. The zero-order chi connectivity index (χ0) is 14.9. The Hall–Kier alpha value is -2.26. The van der Waals surface area contributed by atoms with Crippen molar-refractivity contribution in [1.82, 2.24) is 4.40 Å². The molecule has 0 radical (unpaired) electrons. The maximum absolute atomic E-state index is 5.50. The predicted octanol–water partition coefficient (Wildman–Crippen LogP) is 3.75. The molecule has 0 aliphatic carbocycles. The molecule has 1 saturated heterocycles. The Kier molecular flexibility index (Phi) is 3.35. The third-order valence-electron chi connectivity index (χ3n) is 4.38. The second-order valence-electron chi connectivity index (χ2n) is 5.77. The summed E-state index contributed by atoms with van der Waals surface area (Å²) in [7, 11) is 0. The van der Waals surface area contributed by atoms with Gasteiger partial charge in [0.05, 0.1) is 30.1 Å². The van der Waals surface area contributed by atoms with Crippen LogP contribution in [0.25, 0.3) is 16.8 Å². The van der Waals surface area contributed by atoms with Crippen molar-refractivity contribution in [1.29, 1.82) is 0 Å². The molecule has 3 nitrogen and oxygen atoms in total. The number of anilines is 1. The van der Waals surface area contributed by atoms with Crippen LogP contribution in [0.1, 0.15) is 5.69 Å². The zero-order valence-corrected chi connectivity index (χ0v) is 12.8. The van der Waals surface area contributed by atoms with Gasteiger partial charge in [0, 0.05) is 18.8 Å². The van der Waals surface area contributed by atoms with E-state index in [0.717, 1.165) is 26.3 Å². The van der Waals surface area contributed by atoms with Gasteiger partial charge < -0.3 is 14.0 Å². The monoisotopic (exact) mass is 292 g/mol. The zero-order valence-electron chi connectivity index (χ0n) is 12.8. The Morgan fingerprint density at radius 1 is 0.909 bits per heavy atom. The summed E-state index contributed by atoms with van der Waals surface area (Å²) < 4.78 is 7.86. The summed E-state index contributed by atoms with van der Waals surface area (Å²) >= 11 is 0. The topological polar surface area (TPSA) is 16.9 Å². The first-order chi connectivity index (χ1) is 10.8. The number of fused-ring (bicyclic) bond motifs is 1. The first-order valence-electron chi connectivity index (χ1n) is 7.84. The minimum atomic E-state index is 0.809. The molecule has 4 rings (SSSR count). The molecular formula is C19H20N2O. The first kappa shape index (κ1) is 13.4. The number of nitrogens with zero attached hydrogens (tertiary/aromatic N) is 2. The lowest BCUT2D eigenvalue weighted by Crippen LogP contribution is -2.36. The van der Waals surface area contributed by atoms with E-state index in [9.17, 15) is 0 Å². The molecule has 3 heterocycles. The lowest BCUT2D eigenvalue weighted by atomic mass is 10.1. The van der Waals surface area contributed by atoms with Gasteiger partial charge in [-0.25, -0.2) is 0 Å². The van der Waals surface area contributed by atoms with Gasteiger partial charge in [0.1, 0.15) is 0 Å². The minimum absolute atomic E-state index is 0.809. The van der Waals surface area contributed by atoms with Crippen molar-refractivity contribution < 1.29 is 4.74 Å². The van der Waals surface area contributed by atoms with Gasteiger partial charge in [-0.05, 0) is 30.7 Å². The van der Waals surface area contributed by atoms with Gasteiger partial charge in [-0.1, -0.05) is 36.4 Å². The van der Waals surface area contributed by atoms with E-state index in [2.05, 4.69) is 70.8 Å². The predicted molar refractivity (Wildman–Crippen MR) is 90.6 cm³/mol. The highest BCUT2D eigenvalue weighted by Crippen LogP contribution is 2.33. The van der Waals surface area contributed by atoms with Crippen molar-refractivity contribution in [3.05, 3.63) is 60.3 Å². The third kappa shape index (κ3) is 2.18. The highest BCUT2D eigenvalue weighted by Gasteiger charge is 2.18. The molecule has 1 aliphatic heterocycles. The molecule has 3 heteroatoms. The number of morpholine rings is 1.